The second-order valence-electron chi connectivity index (χ2n) is 4.75. The van der Waals surface area contributed by atoms with Gasteiger partial charge in [0.1, 0.15) is 0 Å². The van der Waals surface area contributed by atoms with Gasteiger partial charge in [-0.1, -0.05) is 6.07 Å². The van der Waals surface area contributed by atoms with E-state index in [1.165, 1.54) is 6.92 Å². The van der Waals surface area contributed by atoms with Gasteiger partial charge in [0.2, 0.25) is 11.8 Å². The second-order valence-corrected chi connectivity index (χ2v) is 4.75. The van der Waals surface area contributed by atoms with E-state index >= 15 is 0 Å². The molecule has 2 aromatic rings. The highest BCUT2D eigenvalue weighted by atomic mass is 16.2. The van der Waals surface area contributed by atoms with E-state index < -0.39 is 0 Å². The van der Waals surface area contributed by atoms with Crippen LogP contribution < -0.4 is 16.0 Å². The van der Waals surface area contributed by atoms with Crippen molar-refractivity contribution in [3.8, 4) is 0 Å². The first-order valence-electron chi connectivity index (χ1n) is 6.90. The molecule has 114 valence electrons. The number of anilines is 2. The molecule has 0 radical (unpaired) electrons. The molecule has 1 heterocycles. The van der Waals surface area contributed by atoms with Crippen LogP contribution in [0.25, 0.3) is 0 Å². The Hall–Kier alpha value is -2.89. The Balaban J connectivity index is 1.79. The van der Waals surface area contributed by atoms with E-state index in [-0.39, 0.29) is 18.4 Å². The number of carbonyl (C=O) groups is 2. The van der Waals surface area contributed by atoms with E-state index in [0.717, 1.165) is 11.3 Å². The molecule has 0 fully saturated rings. The van der Waals surface area contributed by atoms with Crippen molar-refractivity contribution in [3.63, 3.8) is 0 Å². The van der Waals surface area contributed by atoms with Gasteiger partial charge in [0.15, 0.2) is 0 Å². The first-order valence-corrected chi connectivity index (χ1v) is 6.90. The van der Waals surface area contributed by atoms with Gasteiger partial charge in [-0.2, -0.15) is 0 Å². The van der Waals surface area contributed by atoms with Crippen LogP contribution in [0.5, 0.6) is 0 Å². The SMILES string of the molecule is CC(=O)Nc1cccc(NCC(=O)NCc2ccncc2)c1. The lowest BCUT2D eigenvalue weighted by Gasteiger charge is -2.09. The molecule has 0 unspecified atom stereocenters. The largest absolute Gasteiger partial charge is 0.376 e. The van der Waals surface area contributed by atoms with Crippen molar-refractivity contribution in [1.82, 2.24) is 10.3 Å². The molecule has 2 rings (SSSR count). The molecular weight excluding hydrogens is 280 g/mol. The smallest absolute Gasteiger partial charge is 0.239 e. The molecule has 0 spiro atoms. The molecule has 0 aliphatic heterocycles. The molecule has 1 aromatic carbocycles. The first kappa shape index (κ1) is 15.5. The number of aromatic nitrogens is 1. The lowest BCUT2D eigenvalue weighted by Crippen LogP contribution is -2.29. The van der Waals surface area contributed by atoms with Gasteiger partial charge in [-0.3, -0.25) is 14.6 Å². The van der Waals surface area contributed by atoms with Gasteiger partial charge in [0.25, 0.3) is 0 Å². The minimum Gasteiger partial charge on any atom is -0.376 e. The summed E-state index contributed by atoms with van der Waals surface area (Å²) >= 11 is 0. The predicted octanol–water partition coefficient (Wildman–Crippen LogP) is 1.77. The second kappa shape index (κ2) is 7.78. The van der Waals surface area contributed by atoms with Crippen LogP contribution in [0, 0.1) is 0 Å². The number of benzene rings is 1. The van der Waals surface area contributed by atoms with Crippen molar-refractivity contribution < 1.29 is 9.59 Å². The van der Waals surface area contributed by atoms with E-state index in [0.29, 0.717) is 12.2 Å². The third-order valence-corrected chi connectivity index (χ3v) is 2.88. The average molecular weight is 298 g/mol. The summed E-state index contributed by atoms with van der Waals surface area (Å²) in [6, 6.07) is 10.9. The molecule has 0 aliphatic carbocycles. The maximum Gasteiger partial charge on any atom is 0.239 e. The number of hydrogen-bond acceptors (Lipinski definition) is 4. The van der Waals surface area contributed by atoms with E-state index in [1.807, 2.05) is 24.3 Å². The van der Waals surface area contributed by atoms with Gasteiger partial charge in [-0.15, -0.1) is 0 Å². The predicted molar refractivity (Wildman–Crippen MR) is 85.3 cm³/mol. The van der Waals surface area contributed by atoms with Crippen LogP contribution >= 0.6 is 0 Å². The summed E-state index contributed by atoms with van der Waals surface area (Å²) < 4.78 is 0. The van der Waals surface area contributed by atoms with Gasteiger partial charge in [0, 0.05) is 37.2 Å². The van der Waals surface area contributed by atoms with Crippen LogP contribution in [0.1, 0.15) is 12.5 Å². The van der Waals surface area contributed by atoms with Gasteiger partial charge in [-0.25, -0.2) is 0 Å². The summed E-state index contributed by atoms with van der Waals surface area (Å²) in [5.41, 5.74) is 2.45. The fourth-order valence-electron chi connectivity index (χ4n) is 1.86. The van der Waals surface area contributed by atoms with E-state index in [2.05, 4.69) is 20.9 Å². The number of pyridine rings is 1. The molecule has 0 atom stereocenters. The maximum absolute atomic E-state index is 11.8. The highest BCUT2D eigenvalue weighted by Gasteiger charge is 2.02. The Bertz CT molecular complexity index is 644. The minimum absolute atomic E-state index is 0.109. The summed E-state index contributed by atoms with van der Waals surface area (Å²) in [6.45, 7) is 2.08. The molecule has 6 nitrogen and oxygen atoms in total. The van der Waals surface area contributed by atoms with E-state index in [4.69, 9.17) is 0 Å². The maximum atomic E-state index is 11.8. The zero-order chi connectivity index (χ0) is 15.8. The Morgan fingerprint density at radius 3 is 2.55 bits per heavy atom. The lowest BCUT2D eigenvalue weighted by molar-refractivity contribution is -0.119. The Morgan fingerprint density at radius 1 is 1.09 bits per heavy atom. The van der Waals surface area contributed by atoms with Crippen LogP contribution in [-0.2, 0) is 16.1 Å². The Kier molecular flexibility index (Phi) is 5.48. The zero-order valence-corrected chi connectivity index (χ0v) is 12.3. The third kappa shape index (κ3) is 5.24. The quantitative estimate of drug-likeness (QED) is 0.759. The van der Waals surface area contributed by atoms with Crippen LogP contribution in [0.15, 0.2) is 48.8 Å². The topological polar surface area (TPSA) is 83.1 Å². The normalized spacial score (nSPS) is 9.86. The van der Waals surface area contributed by atoms with Crippen molar-refractivity contribution in [2.75, 3.05) is 17.2 Å². The number of rotatable bonds is 6. The Morgan fingerprint density at radius 2 is 1.82 bits per heavy atom. The molecular formula is C16H18N4O2. The number of hydrogen-bond donors (Lipinski definition) is 3. The minimum atomic E-state index is -0.132. The Labute approximate surface area is 129 Å². The third-order valence-electron chi connectivity index (χ3n) is 2.88. The standard InChI is InChI=1S/C16H18N4O2/c1-12(21)20-15-4-2-3-14(9-15)18-11-16(22)19-10-13-5-7-17-8-6-13/h2-9,18H,10-11H2,1H3,(H,19,22)(H,20,21). The van der Waals surface area contributed by atoms with E-state index in [9.17, 15) is 9.59 Å². The highest BCUT2D eigenvalue weighted by Crippen LogP contribution is 2.14. The first-order chi connectivity index (χ1) is 10.6. The highest BCUT2D eigenvalue weighted by molar-refractivity contribution is 5.89. The van der Waals surface area contributed by atoms with Crippen molar-refractivity contribution in [1.29, 1.82) is 0 Å². The fourth-order valence-corrected chi connectivity index (χ4v) is 1.86. The zero-order valence-electron chi connectivity index (χ0n) is 12.3. The van der Waals surface area contributed by atoms with Crippen molar-refractivity contribution in [2.45, 2.75) is 13.5 Å². The molecule has 22 heavy (non-hydrogen) atoms. The lowest BCUT2D eigenvalue weighted by atomic mass is 10.2. The average Bonchev–Trinajstić information content (AvgIpc) is 2.52. The molecule has 3 N–H and O–H groups in total. The number of amides is 2. The molecule has 0 bridgehead atoms. The summed E-state index contributed by atoms with van der Waals surface area (Å²) in [7, 11) is 0. The van der Waals surface area contributed by atoms with Gasteiger partial charge < -0.3 is 16.0 Å². The van der Waals surface area contributed by atoms with Gasteiger partial charge >= 0.3 is 0 Å². The fraction of sp³-hybridized carbons (Fsp3) is 0.188. The summed E-state index contributed by atoms with van der Waals surface area (Å²) in [6.07, 6.45) is 3.38. The molecule has 0 saturated carbocycles. The van der Waals surface area contributed by atoms with Crippen LogP contribution in [-0.4, -0.2) is 23.3 Å². The molecule has 1 aromatic heterocycles. The molecule has 0 saturated heterocycles. The van der Waals surface area contributed by atoms with Crippen molar-refractivity contribution in [2.24, 2.45) is 0 Å². The molecule has 2 amide bonds. The monoisotopic (exact) mass is 298 g/mol. The van der Waals surface area contributed by atoms with Crippen molar-refractivity contribution >= 4 is 23.2 Å². The molecule has 0 aliphatic rings. The number of nitrogens with zero attached hydrogens (tertiary/aromatic N) is 1. The van der Waals surface area contributed by atoms with E-state index in [1.54, 1.807) is 24.5 Å². The molecule has 6 heteroatoms. The summed E-state index contributed by atoms with van der Waals surface area (Å²) in [5.74, 6) is -0.242. The van der Waals surface area contributed by atoms with Gasteiger partial charge in [0.05, 0.1) is 6.54 Å². The van der Waals surface area contributed by atoms with Gasteiger partial charge in [-0.05, 0) is 35.9 Å². The van der Waals surface area contributed by atoms with Crippen LogP contribution in [0.4, 0.5) is 11.4 Å². The number of nitrogens with one attached hydrogen (secondary N) is 3. The number of carbonyl (C=O) groups excluding carboxylic acids is 2. The summed E-state index contributed by atoms with van der Waals surface area (Å²) in [5, 5.41) is 8.53. The van der Waals surface area contributed by atoms with Crippen molar-refractivity contribution in [3.05, 3.63) is 54.4 Å². The van der Waals surface area contributed by atoms with Crippen LogP contribution in [0.2, 0.25) is 0 Å². The van der Waals surface area contributed by atoms with Crippen LogP contribution in [0.3, 0.4) is 0 Å². The summed E-state index contributed by atoms with van der Waals surface area (Å²) in [4.78, 5) is 26.7.